The van der Waals surface area contributed by atoms with Gasteiger partial charge in [-0.2, -0.15) is 0 Å². The van der Waals surface area contributed by atoms with Crippen molar-refractivity contribution in [1.82, 2.24) is 9.97 Å². The molecule has 2 aromatic carbocycles. The van der Waals surface area contributed by atoms with Gasteiger partial charge in [-0.05, 0) is 43.7 Å². The van der Waals surface area contributed by atoms with Crippen molar-refractivity contribution in [3.05, 3.63) is 71.7 Å². The summed E-state index contributed by atoms with van der Waals surface area (Å²) in [5, 5.41) is 6.03. The zero-order valence-corrected chi connectivity index (χ0v) is 14.9. The van der Waals surface area contributed by atoms with Crippen LogP contribution in [0, 0.1) is 13.8 Å². The second-order valence-electron chi connectivity index (χ2n) is 5.83. The molecule has 6 nitrogen and oxygen atoms in total. The van der Waals surface area contributed by atoms with Crippen LogP contribution in [0.15, 0.2) is 54.6 Å². The first-order valence-electron chi connectivity index (χ1n) is 8.19. The summed E-state index contributed by atoms with van der Waals surface area (Å²) in [4.78, 5) is 21.1. The van der Waals surface area contributed by atoms with Crippen molar-refractivity contribution < 1.29 is 9.53 Å². The van der Waals surface area contributed by atoms with E-state index in [4.69, 9.17) is 4.74 Å². The molecule has 0 saturated heterocycles. The number of carbonyl (C=O) groups excluding carboxylic acids is 1. The van der Waals surface area contributed by atoms with E-state index in [1.807, 2.05) is 55.5 Å². The van der Waals surface area contributed by atoms with Gasteiger partial charge in [0.2, 0.25) is 0 Å². The number of aromatic nitrogens is 2. The van der Waals surface area contributed by atoms with Gasteiger partial charge >= 0.3 is 0 Å². The Bertz CT molecular complexity index is 941. The van der Waals surface area contributed by atoms with Crippen LogP contribution in [0.1, 0.15) is 21.9 Å². The third-order valence-electron chi connectivity index (χ3n) is 3.72. The number of hydrogen-bond acceptors (Lipinski definition) is 5. The van der Waals surface area contributed by atoms with Crippen molar-refractivity contribution in [2.45, 2.75) is 13.8 Å². The van der Waals surface area contributed by atoms with Crippen molar-refractivity contribution in [3.63, 3.8) is 0 Å². The lowest BCUT2D eigenvalue weighted by Crippen LogP contribution is -2.15. The number of hydrogen-bond donors (Lipinski definition) is 2. The van der Waals surface area contributed by atoms with Gasteiger partial charge in [-0.25, -0.2) is 9.97 Å². The quantitative estimate of drug-likeness (QED) is 0.726. The molecule has 0 spiro atoms. The second kappa shape index (κ2) is 7.65. The topological polar surface area (TPSA) is 76.1 Å². The Kier molecular flexibility index (Phi) is 5.12. The van der Waals surface area contributed by atoms with Crippen LogP contribution in [0.3, 0.4) is 0 Å². The van der Waals surface area contributed by atoms with Crippen LogP contribution >= 0.6 is 0 Å². The van der Waals surface area contributed by atoms with Gasteiger partial charge < -0.3 is 15.4 Å². The molecule has 0 aliphatic rings. The smallest absolute Gasteiger partial charge is 0.274 e. The number of methoxy groups -OCH3 is 1. The maximum Gasteiger partial charge on any atom is 0.274 e. The normalized spacial score (nSPS) is 10.3. The lowest BCUT2D eigenvalue weighted by molar-refractivity contribution is 0.102. The fraction of sp³-hybridized carbons (Fsp3) is 0.150. The minimum Gasteiger partial charge on any atom is -0.495 e. The molecule has 26 heavy (non-hydrogen) atoms. The Balaban J connectivity index is 1.84. The largest absolute Gasteiger partial charge is 0.495 e. The van der Waals surface area contributed by atoms with Gasteiger partial charge in [-0.15, -0.1) is 0 Å². The highest BCUT2D eigenvalue weighted by atomic mass is 16.5. The Morgan fingerprint density at radius 1 is 1.00 bits per heavy atom. The minimum atomic E-state index is -0.288. The molecule has 0 atom stereocenters. The zero-order valence-electron chi connectivity index (χ0n) is 14.9. The number of nitrogens with zero attached hydrogens (tertiary/aromatic N) is 2. The summed E-state index contributed by atoms with van der Waals surface area (Å²) in [6.07, 6.45) is 0. The molecule has 0 aliphatic carbocycles. The van der Waals surface area contributed by atoms with Crippen LogP contribution in [0.4, 0.5) is 17.2 Å². The highest BCUT2D eigenvalue weighted by Crippen LogP contribution is 2.26. The molecular formula is C20H20N4O2. The predicted molar refractivity (Wildman–Crippen MR) is 102 cm³/mol. The fourth-order valence-corrected chi connectivity index (χ4v) is 2.55. The third-order valence-corrected chi connectivity index (χ3v) is 3.72. The summed E-state index contributed by atoms with van der Waals surface area (Å²) >= 11 is 0. The van der Waals surface area contributed by atoms with E-state index in [1.165, 1.54) is 0 Å². The molecule has 0 aliphatic heterocycles. The van der Waals surface area contributed by atoms with Crippen LogP contribution < -0.4 is 15.4 Å². The number of benzene rings is 2. The molecule has 0 fully saturated rings. The van der Waals surface area contributed by atoms with E-state index < -0.39 is 0 Å². The van der Waals surface area contributed by atoms with Gasteiger partial charge in [0.05, 0.1) is 12.8 Å². The highest BCUT2D eigenvalue weighted by Gasteiger charge is 2.12. The highest BCUT2D eigenvalue weighted by molar-refractivity contribution is 6.03. The summed E-state index contributed by atoms with van der Waals surface area (Å²) < 4.78 is 5.33. The summed E-state index contributed by atoms with van der Waals surface area (Å²) in [7, 11) is 1.60. The molecule has 0 bridgehead atoms. The molecule has 0 unspecified atom stereocenters. The first kappa shape index (κ1) is 17.4. The molecule has 3 aromatic rings. The molecule has 0 radical (unpaired) electrons. The van der Waals surface area contributed by atoms with Crippen LogP contribution in [0.5, 0.6) is 5.75 Å². The number of anilines is 3. The average Bonchev–Trinajstić information content (AvgIpc) is 2.61. The van der Waals surface area contributed by atoms with Crippen LogP contribution in [-0.2, 0) is 0 Å². The SMILES string of the molecule is COc1ccccc1Nc1cc(C(=O)Nc2cccc(C)c2)nc(C)n1. The maximum atomic E-state index is 12.6. The van der Waals surface area contributed by atoms with E-state index in [9.17, 15) is 4.79 Å². The monoisotopic (exact) mass is 348 g/mol. The number of amides is 1. The van der Waals surface area contributed by atoms with Gasteiger partial charge in [0.1, 0.15) is 23.1 Å². The summed E-state index contributed by atoms with van der Waals surface area (Å²) in [5.41, 5.74) is 2.85. The number of rotatable bonds is 5. The van der Waals surface area contributed by atoms with E-state index >= 15 is 0 Å². The van der Waals surface area contributed by atoms with Crippen molar-refractivity contribution in [3.8, 4) is 5.75 Å². The van der Waals surface area contributed by atoms with Crippen molar-refractivity contribution in [2.24, 2.45) is 0 Å². The molecule has 2 N–H and O–H groups in total. The van der Waals surface area contributed by atoms with E-state index in [2.05, 4.69) is 20.6 Å². The molecule has 0 saturated carbocycles. The number of ether oxygens (including phenoxy) is 1. The predicted octanol–water partition coefficient (Wildman–Crippen LogP) is 4.10. The Morgan fingerprint density at radius 3 is 2.58 bits per heavy atom. The van der Waals surface area contributed by atoms with Crippen LogP contribution in [-0.4, -0.2) is 23.0 Å². The number of carbonyl (C=O) groups is 1. The van der Waals surface area contributed by atoms with Gasteiger partial charge in [-0.3, -0.25) is 4.79 Å². The Labute approximate surface area is 152 Å². The minimum absolute atomic E-state index is 0.288. The lowest BCUT2D eigenvalue weighted by atomic mass is 10.2. The number of nitrogens with one attached hydrogen (secondary N) is 2. The zero-order chi connectivity index (χ0) is 18.5. The molecule has 1 heterocycles. The van der Waals surface area contributed by atoms with E-state index in [0.717, 1.165) is 16.9 Å². The Morgan fingerprint density at radius 2 is 1.81 bits per heavy atom. The van der Waals surface area contributed by atoms with Crippen molar-refractivity contribution in [2.75, 3.05) is 17.7 Å². The third kappa shape index (κ3) is 4.16. The first-order chi connectivity index (χ1) is 12.5. The van der Waals surface area contributed by atoms with Crippen molar-refractivity contribution in [1.29, 1.82) is 0 Å². The first-order valence-corrected chi connectivity index (χ1v) is 8.19. The molecular weight excluding hydrogens is 328 g/mol. The maximum absolute atomic E-state index is 12.6. The Hall–Kier alpha value is -3.41. The molecule has 1 amide bonds. The molecule has 1 aromatic heterocycles. The van der Waals surface area contributed by atoms with Gasteiger partial charge in [-0.1, -0.05) is 24.3 Å². The van der Waals surface area contributed by atoms with Gasteiger partial charge in [0.25, 0.3) is 5.91 Å². The molecule has 132 valence electrons. The van der Waals surface area contributed by atoms with E-state index in [0.29, 0.717) is 17.4 Å². The summed E-state index contributed by atoms with van der Waals surface area (Å²) in [6, 6.07) is 16.7. The van der Waals surface area contributed by atoms with Crippen LogP contribution in [0.2, 0.25) is 0 Å². The summed E-state index contributed by atoms with van der Waals surface area (Å²) in [5.74, 6) is 1.43. The summed E-state index contributed by atoms with van der Waals surface area (Å²) in [6.45, 7) is 3.72. The van der Waals surface area contributed by atoms with E-state index in [1.54, 1.807) is 20.1 Å². The molecule has 3 rings (SSSR count). The second-order valence-corrected chi connectivity index (χ2v) is 5.83. The standard InChI is InChI=1S/C20H20N4O2/c1-13-7-6-8-15(11-13)23-20(25)17-12-19(22-14(2)21-17)24-16-9-4-5-10-18(16)26-3/h4-12H,1-3H3,(H,23,25)(H,21,22,24). The van der Waals surface area contributed by atoms with Gasteiger partial charge in [0, 0.05) is 11.8 Å². The van der Waals surface area contributed by atoms with E-state index in [-0.39, 0.29) is 11.6 Å². The lowest BCUT2D eigenvalue weighted by Gasteiger charge is -2.12. The van der Waals surface area contributed by atoms with Crippen LogP contribution in [0.25, 0.3) is 0 Å². The van der Waals surface area contributed by atoms with Gasteiger partial charge in [0.15, 0.2) is 0 Å². The van der Waals surface area contributed by atoms with Crippen molar-refractivity contribution >= 4 is 23.1 Å². The molecule has 6 heteroatoms. The number of para-hydroxylation sites is 2. The number of aryl methyl sites for hydroxylation is 2. The average molecular weight is 348 g/mol. The fourth-order valence-electron chi connectivity index (χ4n) is 2.55.